The van der Waals surface area contributed by atoms with Gasteiger partial charge in [0.05, 0.1) is 6.10 Å². The molecule has 0 saturated carbocycles. The molecular formula is C14H21Cl2NO. The topological polar surface area (TPSA) is 32.3 Å². The quantitative estimate of drug-likeness (QED) is 0.789. The minimum Gasteiger partial charge on any atom is -0.393 e. The molecule has 2 nitrogen and oxygen atoms in total. The summed E-state index contributed by atoms with van der Waals surface area (Å²) in [6.45, 7) is 4.88. The lowest BCUT2D eigenvalue weighted by atomic mass is 10.0. The highest BCUT2D eigenvalue weighted by molar-refractivity contribution is 6.35. The average molecular weight is 290 g/mol. The number of rotatable bonds is 7. The zero-order valence-electron chi connectivity index (χ0n) is 10.9. The summed E-state index contributed by atoms with van der Waals surface area (Å²) in [5, 5.41) is 14.3. The van der Waals surface area contributed by atoms with Crippen molar-refractivity contribution in [3.8, 4) is 0 Å². The first-order valence-corrected chi connectivity index (χ1v) is 7.20. The molecule has 0 amide bonds. The van der Waals surface area contributed by atoms with Crippen LogP contribution in [0.2, 0.25) is 10.0 Å². The van der Waals surface area contributed by atoms with E-state index >= 15 is 0 Å². The van der Waals surface area contributed by atoms with Crippen molar-refractivity contribution in [2.24, 2.45) is 0 Å². The largest absolute Gasteiger partial charge is 0.393 e. The van der Waals surface area contributed by atoms with Gasteiger partial charge in [-0.25, -0.2) is 0 Å². The molecule has 1 aromatic carbocycles. The third kappa shape index (κ3) is 4.77. The second-order valence-corrected chi connectivity index (χ2v) is 5.28. The summed E-state index contributed by atoms with van der Waals surface area (Å²) in [7, 11) is 0. The van der Waals surface area contributed by atoms with Crippen LogP contribution in [0.1, 0.15) is 44.7 Å². The zero-order chi connectivity index (χ0) is 13.5. The molecule has 1 aromatic rings. The van der Waals surface area contributed by atoms with Crippen molar-refractivity contribution in [3.63, 3.8) is 0 Å². The third-order valence-electron chi connectivity index (χ3n) is 3.09. The fourth-order valence-electron chi connectivity index (χ4n) is 1.89. The van der Waals surface area contributed by atoms with Crippen LogP contribution in [-0.2, 0) is 0 Å². The summed E-state index contributed by atoms with van der Waals surface area (Å²) in [6, 6.07) is 5.79. The van der Waals surface area contributed by atoms with Crippen LogP contribution < -0.4 is 5.32 Å². The Morgan fingerprint density at radius 2 is 1.94 bits per heavy atom. The zero-order valence-corrected chi connectivity index (χ0v) is 12.4. The highest BCUT2D eigenvalue weighted by atomic mass is 35.5. The lowest BCUT2D eigenvalue weighted by Gasteiger charge is -2.19. The number of aliphatic hydroxyl groups is 1. The number of benzene rings is 1. The molecule has 0 aliphatic heterocycles. The van der Waals surface area contributed by atoms with E-state index in [0.717, 1.165) is 31.4 Å². The molecule has 0 aromatic heterocycles. The van der Waals surface area contributed by atoms with Gasteiger partial charge in [0.1, 0.15) is 0 Å². The van der Waals surface area contributed by atoms with Gasteiger partial charge < -0.3 is 10.4 Å². The van der Waals surface area contributed by atoms with Crippen molar-refractivity contribution >= 4 is 23.2 Å². The normalized spacial score (nSPS) is 14.5. The van der Waals surface area contributed by atoms with Crippen molar-refractivity contribution < 1.29 is 5.11 Å². The molecule has 18 heavy (non-hydrogen) atoms. The Hall–Kier alpha value is -0.280. The minimum absolute atomic E-state index is 0.207. The molecule has 0 saturated heterocycles. The molecule has 0 heterocycles. The summed E-state index contributed by atoms with van der Waals surface area (Å²) >= 11 is 12.1. The fourth-order valence-corrected chi connectivity index (χ4v) is 2.43. The van der Waals surface area contributed by atoms with Crippen LogP contribution in [0, 0.1) is 0 Å². The second kappa shape index (κ2) is 8.00. The fraction of sp³-hybridized carbons (Fsp3) is 0.571. The van der Waals surface area contributed by atoms with Gasteiger partial charge in [0.15, 0.2) is 0 Å². The van der Waals surface area contributed by atoms with Crippen LogP contribution in [0.3, 0.4) is 0 Å². The predicted molar refractivity (Wildman–Crippen MR) is 78.4 cm³/mol. The molecule has 2 unspecified atom stereocenters. The van der Waals surface area contributed by atoms with Gasteiger partial charge in [-0.15, -0.1) is 0 Å². The number of aliphatic hydroxyl groups excluding tert-OH is 1. The molecule has 102 valence electrons. The van der Waals surface area contributed by atoms with Crippen molar-refractivity contribution in [1.29, 1.82) is 0 Å². The molecule has 0 fully saturated rings. The maximum Gasteiger partial charge on any atom is 0.0549 e. The summed E-state index contributed by atoms with van der Waals surface area (Å²) in [5.41, 5.74) is 1.06. The van der Waals surface area contributed by atoms with Crippen molar-refractivity contribution in [3.05, 3.63) is 33.8 Å². The van der Waals surface area contributed by atoms with Gasteiger partial charge in [-0.05, 0) is 43.5 Å². The SMILES string of the molecule is CCC(O)CCNC(CC)c1ccc(Cl)cc1Cl. The van der Waals surface area contributed by atoms with Gasteiger partial charge in [0.25, 0.3) is 0 Å². The van der Waals surface area contributed by atoms with Crippen LogP contribution in [0.25, 0.3) is 0 Å². The minimum atomic E-state index is -0.226. The molecule has 2 atom stereocenters. The molecular weight excluding hydrogens is 269 g/mol. The van der Waals surface area contributed by atoms with Crippen molar-refractivity contribution in [1.82, 2.24) is 5.32 Å². The molecule has 0 aliphatic carbocycles. The number of hydrogen-bond acceptors (Lipinski definition) is 2. The molecule has 1 rings (SSSR count). The van der Waals surface area contributed by atoms with Crippen LogP contribution in [0.15, 0.2) is 18.2 Å². The Morgan fingerprint density at radius 3 is 2.50 bits per heavy atom. The van der Waals surface area contributed by atoms with Gasteiger partial charge in [-0.1, -0.05) is 43.1 Å². The maximum atomic E-state index is 9.52. The summed E-state index contributed by atoms with van der Waals surface area (Å²) in [4.78, 5) is 0. The smallest absolute Gasteiger partial charge is 0.0549 e. The summed E-state index contributed by atoms with van der Waals surface area (Å²) in [6.07, 6.45) is 2.28. The number of nitrogens with one attached hydrogen (secondary N) is 1. The summed E-state index contributed by atoms with van der Waals surface area (Å²) < 4.78 is 0. The van der Waals surface area contributed by atoms with Crippen LogP contribution >= 0.6 is 23.2 Å². The predicted octanol–water partition coefficient (Wildman–Crippen LogP) is 4.20. The van der Waals surface area contributed by atoms with Gasteiger partial charge in [0, 0.05) is 16.1 Å². The van der Waals surface area contributed by atoms with E-state index in [9.17, 15) is 5.11 Å². The van der Waals surface area contributed by atoms with E-state index in [2.05, 4.69) is 12.2 Å². The van der Waals surface area contributed by atoms with E-state index in [1.807, 2.05) is 19.1 Å². The maximum absolute atomic E-state index is 9.52. The van der Waals surface area contributed by atoms with Crippen molar-refractivity contribution in [2.75, 3.05) is 6.54 Å². The second-order valence-electron chi connectivity index (χ2n) is 4.43. The van der Waals surface area contributed by atoms with Crippen molar-refractivity contribution in [2.45, 2.75) is 45.3 Å². The number of halogens is 2. The Balaban J connectivity index is 2.60. The Bertz CT molecular complexity index is 371. The Labute approximate surface area is 119 Å². The van der Waals surface area contributed by atoms with Gasteiger partial charge in [0.2, 0.25) is 0 Å². The standard InChI is InChI=1S/C14H21Cl2NO/c1-3-11(18)7-8-17-14(4-2)12-6-5-10(15)9-13(12)16/h5-6,9,11,14,17-18H,3-4,7-8H2,1-2H3. The van der Waals surface area contributed by atoms with Crippen LogP contribution in [0.4, 0.5) is 0 Å². The van der Waals surface area contributed by atoms with Gasteiger partial charge >= 0.3 is 0 Å². The first-order valence-electron chi connectivity index (χ1n) is 6.44. The summed E-state index contributed by atoms with van der Waals surface area (Å²) in [5.74, 6) is 0. The van der Waals surface area contributed by atoms with E-state index < -0.39 is 0 Å². The van der Waals surface area contributed by atoms with Gasteiger partial charge in [-0.2, -0.15) is 0 Å². The molecule has 0 spiro atoms. The third-order valence-corrected chi connectivity index (χ3v) is 3.65. The molecule has 0 bridgehead atoms. The Morgan fingerprint density at radius 1 is 1.22 bits per heavy atom. The highest BCUT2D eigenvalue weighted by Gasteiger charge is 2.13. The highest BCUT2D eigenvalue weighted by Crippen LogP contribution is 2.27. The first-order chi connectivity index (χ1) is 8.58. The van der Waals surface area contributed by atoms with E-state index in [1.165, 1.54) is 0 Å². The molecule has 4 heteroatoms. The average Bonchev–Trinajstić information content (AvgIpc) is 2.35. The van der Waals surface area contributed by atoms with E-state index in [4.69, 9.17) is 23.2 Å². The van der Waals surface area contributed by atoms with Crippen LogP contribution in [-0.4, -0.2) is 17.8 Å². The van der Waals surface area contributed by atoms with E-state index in [0.29, 0.717) is 10.0 Å². The molecule has 0 aliphatic rings. The molecule has 0 radical (unpaired) electrons. The Kier molecular flexibility index (Phi) is 7.02. The van der Waals surface area contributed by atoms with E-state index in [1.54, 1.807) is 6.07 Å². The number of hydrogen-bond donors (Lipinski definition) is 2. The molecule has 2 N–H and O–H groups in total. The lowest BCUT2D eigenvalue weighted by molar-refractivity contribution is 0.158. The lowest BCUT2D eigenvalue weighted by Crippen LogP contribution is -2.25. The van der Waals surface area contributed by atoms with Crippen LogP contribution in [0.5, 0.6) is 0 Å². The van der Waals surface area contributed by atoms with E-state index in [-0.39, 0.29) is 12.1 Å². The monoisotopic (exact) mass is 289 g/mol. The first kappa shape index (κ1) is 15.8. The van der Waals surface area contributed by atoms with Gasteiger partial charge in [-0.3, -0.25) is 0 Å².